The summed E-state index contributed by atoms with van der Waals surface area (Å²) in [7, 11) is 1.70. The van der Waals surface area contributed by atoms with Crippen LogP contribution in [-0.2, 0) is 4.74 Å². The van der Waals surface area contributed by atoms with Crippen molar-refractivity contribution in [2.45, 2.75) is 18.9 Å². The van der Waals surface area contributed by atoms with Crippen LogP contribution in [0.3, 0.4) is 0 Å². The number of carboxylic acids is 1. The number of ether oxygens (including phenoxy) is 1. The molecule has 0 bridgehead atoms. The number of methoxy groups -OCH3 is 1. The van der Waals surface area contributed by atoms with Crippen LogP contribution < -0.4 is 4.90 Å². The lowest BCUT2D eigenvalue weighted by atomic mass is 10.1. The number of rotatable bonds is 3. The molecule has 1 N–H and O–H groups in total. The summed E-state index contributed by atoms with van der Waals surface area (Å²) >= 11 is 0. The van der Waals surface area contributed by atoms with Crippen LogP contribution >= 0.6 is 0 Å². The van der Waals surface area contributed by atoms with Crippen molar-refractivity contribution in [2.75, 3.05) is 25.1 Å². The molecule has 1 aromatic heterocycles. The number of anilines is 1. The SMILES string of the molecule is COC1CCN(c2nccnc2C(=O)O)CC1. The molecule has 0 saturated carbocycles. The third kappa shape index (κ3) is 2.52. The van der Waals surface area contributed by atoms with Gasteiger partial charge in [-0.25, -0.2) is 14.8 Å². The molecule has 0 atom stereocenters. The molecule has 92 valence electrons. The van der Waals surface area contributed by atoms with Crippen LogP contribution in [0.25, 0.3) is 0 Å². The van der Waals surface area contributed by atoms with Gasteiger partial charge < -0.3 is 14.7 Å². The maximum Gasteiger partial charge on any atom is 0.358 e. The second-order valence-corrected chi connectivity index (χ2v) is 3.96. The molecule has 2 heterocycles. The molecular formula is C11H15N3O3. The third-order valence-electron chi connectivity index (χ3n) is 2.96. The van der Waals surface area contributed by atoms with Crippen LogP contribution in [0.2, 0.25) is 0 Å². The van der Waals surface area contributed by atoms with Crippen molar-refractivity contribution >= 4 is 11.8 Å². The summed E-state index contributed by atoms with van der Waals surface area (Å²) in [5.74, 6) is -0.587. The number of hydrogen-bond acceptors (Lipinski definition) is 5. The summed E-state index contributed by atoms with van der Waals surface area (Å²) in [5.41, 5.74) is 0.0170. The first-order valence-electron chi connectivity index (χ1n) is 5.54. The first-order valence-corrected chi connectivity index (χ1v) is 5.54. The van der Waals surface area contributed by atoms with Crippen LogP contribution in [0, 0.1) is 0 Å². The van der Waals surface area contributed by atoms with E-state index < -0.39 is 5.97 Å². The molecule has 1 saturated heterocycles. The fourth-order valence-electron chi connectivity index (χ4n) is 2.02. The van der Waals surface area contributed by atoms with Gasteiger partial charge >= 0.3 is 5.97 Å². The summed E-state index contributed by atoms with van der Waals surface area (Å²) in [5, 5.41) is 9.04. The molecule has 6 nitrogen and oxygen atoms in total. The molecule has 1 aliphatic heterocycles. The Morgan fingerprint density at radius 1 is 1.41 bits per heavy atom. The Bertz CT molecular complexity index is 403. The molecule has 0 unspecified atom stereocenters. The summed E-state index contributed by atoms with van der Waals surface area (Å²) in [4.78, 5) is 21.0. The van der Waals surface area contributed by atoms with E-state index in [0.717, 1.165) is 25.9 Å². The Morgan fingerprint density at radius 3 is 2.65 bits per heavy atom. The van der Waals surface area contributed by atoms with E-state index in [1.54, 1.807) is 7.11 Å². The summed E-state index contributed by atoms with van der Waals surface area (Å²) in [6.45, 7) is 1.50. The van der Waals surface area contributed by atoms with Gasteiger partial charge in [0.25, 0.3) is 0 Å². The van der Waals surface area contributed by atoms with Gasteiger partial charge in [0.1, 0.15) is 0 Å². The van der Waals surface area contributed by atoms with Gasteiger partial charge in [0.15, 0.2) is 11.5 Å². The standard InChI is InChI=1S/C11H15N3O3/c1-17-8-2-6-14(7-3-8)10-9(11(15)16)12-4-5-13-10/h4-5,8H,2-3,6-7H2,1H3,(H,15,16). The highest BCUT2D eigenvalue weighted by molar-refractivity contribution is 5.90. The number of piperidine rings is 1. The molecule has 0 amide bonds. The minimum atomic E-state index is -1.04. The smallest absolute Gasteiger partial charge is 0.358 e. The minimum absolute atomic E-state index is 0.0170. The van der Waals surface area contributed by atoms with Crippen molar-refractivity contribution < 1.29 is 14.6 Å². The number of hydrogen-bond donors (Lipinski definition) is 1. The van der Waals surface area contributed by atoms with Crippen LogP contribution in [-0.4, -0.2) is 47.3 Å². The average Bonchev–Trinajstić information content (AvgIpc) is 2.39. The number of carbonyl (C=O) groups is 1. The highest BCUT2D eigenvalue weighted by atomic mass is 16.5. The van der Waals surface area contributed by atoms with Crippen LogP contribution in [0.15, 0.2) is 12.4 Å². The van der Waals surface area contributed by atoms with Crippen molar-refractivity contribution in [3.05, 3.63) is 18.1 Å². The number of aromatic carboxylic acids is 1. The molecule has 17 heavy (non-hydrogen) atoms. The fourth-order valence-corrected chi connectivity index (χ4v) is 2.02. The lowest BCUT2D eigenvalue weighted by Crippen LogP contribution is -2.38. The Kier molecular flexibility index (Phi) is 3.53. The fraction of sp³-hybridized carbons (Fsp3) is 0.545. The molecule has 0 spiro atoms. The number of carboxylic acid groups (broad SMARTS) is 1. The van der Waals surface area contributed by atoms with E-state index in [9.17, 15) is 4.79 Å². The Hall–Kier alpha value is -1.69. The third-order valence-corrected chi connectivity index (χ3v) is 2.96. The molecule has 0 radical (unpaired) electrons. The summed E-state index contributed by atoms with van der Waals surface area (Å²) in [6.07, 6.45) is 4.94. The van der Waals surface area contributed by atoms with Gasteiger partial charge in [-0.1, -0.05) is 0 Å². The van der Waals surface area contributed by atoms with Gasteiger partial charge in [0, 0.05) is 32.6 Å². The maximum atomic E-state index is 11.0. The van der Waals surface area contributed by atoms with Crippen molar-refractivity contribution in [2.24, 2.45) is 0 Å². The van der Waals surface area contributed by atoms with E-state index in [1.165, 1.54) is 12.4 Å². The van der Waals surface area contributed by atoms with Gasteiger partial charge in [0.2, 0.25) is 0 Å². The van der Waals surface area contributed by atoms with Gasteiger partial charge in [-0.2, -0.15) is 0 Å². The van der Waals surface area contributed by atoms with Crippen molar-refractivity contribution in [3.8, 4) is 0 Å². The normalized spacial score (nSPS) is 17.1. The summed E-state index contributed by atoms with van der Waals surface area (Å²) < 4.78 is 5.27. The highest BCUT2D eigenvalue weighted by Gasteiger charge is 2.24. The average molecular weight is 237 g/mol. The highest BCUT2D eigenvalue weighted by Crippen LogP contribution is 2.21. The lowest BCUT2D eigenvalue weighted by Gasteiger charge is -2.32. The molecule has 0 aliphatic carbocycles. The second kappa shape index (κ2) is 5.09. The predicted octanol–water partition coefficient (Wildman–Crippen LogP) is 0.790. The van der Waals surface area contributed by atoms with E-state index >= 15 is 0 Å². The lowest BCUT2D eigenvalue weighted by molar-refractivity contribution is 0.0689. The molecule has 2 rings (SSSR count). The zero-order valence-electron chi connectivity index (χ0n) is 9.67. The zero-order valence-corrected chi connectivity index (χ0v) is 9.67. The number of aromatic nitrogens is 2. The number of nitrogens with zero attached hydrogens (tertiary/aromatic N) is 3. The first-order chi connectivity index (χ1) is 8.22. The Labute approximate surface area is 99.2 Å². The van der Waals surface area contributed by atoms with Gasteiger partial charge in [-0.15, -0.1) is 0 Å². The van der Waals surface area contributed by atoms with Crippen molar-refractivity contribution in [1.29, 1.82) is 0 Å². The molecule has 1 aromatic rings. The van der Waals surface area contributed by atoms with Crippen LogP contribution in [0.1, 0.15) is 23.3 Å². The molecular weight excluding hydrogens is 222 g/mol. The molecule has 0 aromatic carbocycles. The molecule has 1 aliphatic rings. The van der Waals surface area contributed by atoms with Crippen LogP contribution in [0.4, 0.5) is 5.82 Å². The van der Waals surface area contributed by atoms with Gasteiger partial charge in [-0.3, -0.25) is 0 Å². The predicted molar refractivity (Wildman–Crippen MR) is 61.2 cm³/mol. The first kappa shape index (κ1) is 11.8. The Morgan fingerprint density at radius 2 is 2.06 bits per heavy atom. The van der Waals surface area contributed by atoms with E-state index in [4.69, 9.17) is 9.84 Å². The van der Waals surface area contributed by atoms with Crippen LogP contribution in [0.5, 0.6) is 0 Å². The zero-order chi connectivity index (χ0) is 12.3. The molecule has 1 fully saturated rings. The van der Waals surface area contributed by atoms with E-state index in [1.807, 2.05) is 4.90 Å². The van der Waals surface area contributed by atoms with E-state index in [-0.39, 0.29) is 11.8 Å². The maximum absolute atomic E-state index is 11.0. The van der Waals surface area contributed by atoms with E-state index in [0.29, 0.717) is 5.82 Å². The topological polar surface area (TPSA) is 75.5 Å². The van der Waals surface area contributed by atoms with Crippen molar-refractivity contribution in [1.82, 2.24) is 9.97 Å². The summed E-state index contributed by atoms with van der Waals surface area (Å²) in [6, 6.07) is 0. The second-order valence-electron chi connectivity index (χ2n) is 3.96. The quantitative estimate of drug-likeness (QED) is 0.837. The van der Waals surface area contributed by atoms with Gasteiger partial charge in [-0.05, 0) is 12.8 Å². The van der Waals surface area contributed by atoms with E-state index in [2.05, 4.69) is 9.97 Å². The molecule has 6 heteroatoms. The van der Waals surface area contributed by atoms with Crippen molar-refractivity contribution in [3.63, 3.8) is 0 Å². The Balaban J connectivity index is 2.15. The monoisotopic (exact) mass is 237 g/mol. The minimum Gasteiger partial charge on any atom is -0.476 e. The van der Waals surface area contributed by atoms with Gasteiger partial charge in [0.05, 0.1) is 6.10 Å². The largest absolute Gasteiger partial charge is 0.476 e.